The second-order valence-electron chi connectivity index (χ2n) is 6.35. The number of pyridine rings is 1. The molecule has 0 amide bonds. The third-order valence-electron chi connectivity index (χ3n) is 4.71. The zero-order chi connectivity index (χ0) is 17.4. The SMILES string of the molecule is COc1cccc(N2CCN(c3cn4cc(Cl)cc(C)c4n3)CC2)c1. The molecule has 25 heavy (non-hydrogen) atoms. The first-order valence-electron chi connectivity index (χ1n) is 8.43. The molecular formula is C19H21ClN4O. The highest BCUT2D eigenvalue weighted by molar-refractivity contribution is 6.30. The van der Waals surface area contributed by atoms with Gasteiger partial charge < -0.3 is 18.9 Å². The van der Waals surface area contributed by atoms with E-state index in [1.165, 1.54) is 5.69 Å². The summed E-state index contributed by atoms with van der Waals surface area (Å²) < 4.78 is 7.35. The molecule has 0 unspecified atom stereocenters. The molecule has 0 spiro atoms. The number of piperazine rings is 1. The van der Waals surface area contributed by atoms with Crippen molar-refractivity contribution in [3.8, 4) is 5.75 Å². The maximum Gasteiger partial charge on any atom is 0.148 e. The van der Waals surface area contributed by atoms with Gasteiger partial charge in [0, 0.05) is 44.1 Å². The number of methoxy groups -OCH3 is 1. The molecule has 1 saturated heterocycles. The average molecular weight is 357 g/mol. The molecule has 0 aliphatic carbocycles. The zero-order valence-corrected chi connectivity index (χ0v) is 15.2. The van der Waals surface area contributed by atoms with Crippen molar-refractivity contribution in [2.45, 2.75) is 6.92 Å². The molecule has 0 N–H and O–H groups in total. The van der Waals surface area contributed by atoms with Crippen LogP contribution >= 0.6 is 11.6 Å². The molecular weight excluding hydrogens is 336 g/mol. The lowest BCUT2D eigenvalue weighted by Gasteiger charge is -2.36. The Morgan fingerprint density at radius 3 is 2.56 bits per heavy atom. The first-order chi connectivity index (χ1) is 12.1. The van der Waals surface area contributed by atoms with E-state index in [1.54, 1.807) is 7.11 Å². The maximum absolute atomic E-state index is 6.15. The Balaban J connectivity index is 1.51. The number of rotatable bonds is 3. The second-order valence-corrected chi connectivity index (χ2v) is 6.78. The van der Waals surface area contributed by atoms with Crippen molar-refractivity contribution in [1.82, 2.24) is 9.38 Å². The van der Waals surface area contributed by atoms with Crippen molar-refractivity contribution in [1.29, 1.82) is 0 Å². The van der Waals surface area contributed by atoms with Crippen molar-refractivity contribution in [2.75, 3.05) is 43.1 Å². The standard InChI is InChI=1S/C19H21ClN4O/c1-14-10-15(20)12-24-13-18(21-19(14)24)23-8-6-22(7-9-23)16-4-3-5-17(11-16)25-2/h3-5,10-13H,6-9H2,1-2H3. The molecule has 3 heterocycles. The Labute approximate surface area is 152 Å². The number of aromatic nitrogens is 2. The van der Waals surface area contributed by atoms with E-state index in [9.17, 15) is 0 Å². The quantitative estimate of drug-likeness (QED) is 0.717. The number of fused-ring (bicyclic) bond motifs is 1. The number of imidazole rings is 1. The minimum atomic E-state index is 0.733. The number of ether oxygens (including phenoxy) is 1. The molecule has 1 aliphatic rings. The minimum absolute atomic E-state index is 0.733. The smallest absolute Gasteiger partial charge is 0.148 e. The summed E-state index contributed by atoms with van der Waals surface area (Å²) in [6.07, 6.45) is 3.97. The van der Waals surface area contributed by atoms with E-state index in [0.717, 1.165) is 54.0 Å². The molecule has 130 valence electrons. The first-order valence-corrected chi connectivity index (χ1v) is 8.80. The van der Waals surface area contributed by atoms with Gasteiger partial charge in [-0.05, 0) is 30.7 Å². The second kappa shape index (κ2) is 6.48. The van der Waals surface area contributed by atoms with Crippen molar-refractivity contribution in [3.63, 3.8) is 0 Å². The molecule has 0 saturated carbocycles. The lowest BCUT2D eigenvalue weighted by Crippen LogP contribution is -2.46. The Bertz CT molecular complexity index is 900. The topological polar surface area (TPSA) is 33.0 Å². The lowest BCUT2D eigenvalue weighted by atomic mass is 10.2. The fraction of sp³-hybridized carbons (Fsp3) is 0.316. The van der Waals surface area contributed by atoms with E-state index in [-0.39, 0.29) is 0 Å². The van der Waals surface area contributed by atoms with Gasteiger partial charge in [-0.3, -0.25) is 0 Å². The van der Waals surface area contributed by atoms with Gasteiger partial charge in [0.15, 0.2) is 0 Å². The van der Waals surface area contributed by atoms with Crippen LogP contribution in [-0.2, 0) is 0 Å². The molecule has 1 aromatic carbocycles. The Morgan fingerprint density at radius 2 is 1.80 bits per heavy atom. The van der Waals surface area contributed by atoms with E-state index >= 15 is 0 Å². The van der Waals surface area contributed by atoms with Gasteiger partial charge in [-0.25, -0.2) is 4.98 Å². The molecule has 4 rings (SSSR count). The average Bonchev–Trinajstić information content (AvgIpc) is 3.06. The number of nitrogens with zero attached hydrogens (tertiary/aromatic N) is 4. The van der Waals surface area contributed by atoms with Gasteiger partial charge in [-0.2, -0.15) is 0 Å². The van der Waals surface area contributed by atoms with Crippen LogP contribution in [0.25, 0.3) is 5.65 Å². The summed E-state index contributed by atoms with van der Waals surface area (Å²) in [6, 6.07) is 10.2. The predicted octanol–water partition coefficient (Wildman–Crippen LogP) is 3.63. The van der Waals surface area contributed by atoms with Gasteiger partial charge in [-0.1, -0.05) is 17.7 Å². The third-order valence-corrected chi connectivity index (χ3v) is 4.92. The van der Waals surface area contributed by atoms with Gasteiger partial charge in [0.1, 0.15) is 17.2 Å². The van der Waals surface area contributed by atoms with Crippen LogP contribution in [0.4, 0.5) is 11.5 Å². The predicted molar refractivity (Wildman–Crippen MR) is 102 cm³/mol. The molecule has 0 bridgehead atoms. The molecule has 5 nitrogen and oxygen atoms in total. The zero-order valence-electron chi connectivity index (χ0n) is 14.4. The highest BCUT2D eigenvalue weighted by Crippen LogP contribution is 2.25. The van der Waals surface area contributed by atoms with Crippen molar-refractivity contribution in [3.05, 3.63) is 53.3 Å². The summed E-state index contributed by atoms with van der Waals surface area (Å²) in [5.41, 5.74) is 3.26. The van der Waals surface area contributed by atoms with Gasteiger partial charge in [0.05, 0.1) is 18.3 Å². The van der Waals surface area contributed by atoms with Crippen LogP contribution in [0.1, 0.15) is 5.56 Å². The van der Waals surface area contributed by atoms with Crippen molar-refractivity contribution < 1.29 is 4.74 Å². The Morgan fingerprint density at radius 1 is 1.04 bits per heavy atom. The number of aryl methyl sites for hydroxylation is 1. The van der Waals surface area contributed by atoms with Gasteiger partial charge >= 0.3 is 0 Å². The Hall–Kier alpha value is -2.40. The summed E-state index contributed by atoms with van der Waals surface area (Å²) in [5.74, 6) is 1.91. The van der Waals surface area contributed by atoms with Crippen LogP contribution in [0.15, 0.2) is 42.7 Å². The van der Waals surface area contributed by atoms with Crippen LogP contribution in [0.5, 0.6) is 5.75 Å². The molecule has 0 radical (unpaired) electrons. The molecule has 0 atom stereocenters. The summed E-state index contributed by atoms with van der Waals surface area (Å²) >= 11 is 6.15. The fourth-order valence-electron chi connectivity index (χ4n) is 3.37. The molecule has 3 aromatic rings. The van der Waals surface area contributed by atoms with Crippen LogP contribution in [0.2, 0.25) is 5.02 Å². The maximum atomic E-state index is 6.15. The summed E-state index contributed by atoms with van der Waals surface area (Å²) in [6.45, 7) is 5.84. The number of benzene rings is 1. The third kappa shape index (κ3) is 3.12. The van der Waals surface area contributed by atoms with Gasteiger partial charge in [0.25, 0.3) is 0 Å². The van der Waals surface area contributed by atoms with Crippen LogP contribution < -0.4 is 14.5 Å². The van der Waals surface area contributed by atoms with Gasteiger partial charge in [-0.15, -0.1) is 0 Å². The van der Waals surface area contributed by atoms with Crippen LogP contribution in [0, 0.1) is 6.92 Å². The van der Waals surface area contributed by atoms with Crippen molar-refractivity contribution in [2.24, 2.45) is 0 Å². The van der Waals surface area contributed by atoms with E-state index in [1.807, 2.05) is 35.7 Å². The monoisotopic (exact) mass is 356 g/mol. The van der Waals surface area contributed by atoms with E-state index in [0.29, 0.717) is 0 Å². The van der Waals surface area contributed by atoms with E-state index in [2.05, 4.69) is 28.1 Å². The van der Waals surface area contributed by atoms with Crippen molar-refractivity contribution >= 4 is 28.8 Å². The minimum Gasteiger partial charge on any atom is -0.497 e. The molecule has 6 heteroatoms. The van der Waals surface area contributed by atoms with E-state index in [4.69, 9.17) is 21.3 Å². The number of hydrogen-bond donors (Lipinski definition) is 0. The first kappa shape index (κ1) is 16.1. The number of hydrogen-bond acceptors (Lipinski definition) is 4. The number of anilines is 2. The Kier molecular flexibility index (Phi) is 4.17. The molecule has 1 aliphatic heterocycles. The highest BCUT2D eigenvalue weighted by Gasteiger charge is 2.20. The summed E-state index contributed by atoms with van der Waals surface area (Å²) in [4.78, 5) is 9.51. The normalized spacial score (nSPS) is 15.0. The molecule has 1 fully saturated rings. The molecule has 2 aromatic heterocycles. The summed E-state index contributed by atoms with van der Waals surface area (Å²) in [5, 5.41) is 0.733. The van der Waals surface area contributed by atoms with Gasteiger partial charge in [0.2, 0.25) is 0 Å². The lowest BCUT2D eigenvalue weighted by molar-refractivity contribution is 0.414. The van der Waals surface area contributed by atoms with Crippen LogP contribution in [0.3, 0.4) is 0 Å². The highest BCUT2D eigenvalue weighted by atomic mass is 35.5. The fourth-order valence-corrected chi connectivity index (χ4v) is 3.63. The van der Waals surface area contributed by atoms with E-state index < -0.39 is 0 Å². The summed E-state index contributed by atoms with van der Waals surface area (Å²) in [7, 11) is 1.70. The van der Waals surface area contributed by atoms with Crippen LogP contribution in [-0.4, -0.2) is 42.7 Å². The largest absolute Gasteiger partial charge is 0.497 e. The number of halogens is 1.